The zero-order valence-corrected chi connectivity index (χ0v) is 12.2. The topological polar surface area (TPSA) is 58.9 Å². The van der Waals surface area contributed by atoms with Crippen LogP contribution in [0.1, 0.15) is 25.5 Å². The van der Waals surface area contributed by atoms with Crippen molar-refractivity contribution in [1.29, 1.82) is 0 Å². The van der Waals surface area contributed by atoms with Crippen LogP contribution in [0.25, 0.3) is 0 Å². The Morgan fingerprint density at radius 3 is 2.61 bits per heavy atom. The van der Waals surface area contributed by atoms with Crippen LogP contribution in [0.15, 0.2) is 22.7 Å². The van der Waals surface area contributed by atoms with Gasteiger partial charge in [0.05, 0.1) is 12.7 Å². The van der Waals surface area contributed by atoms with E-state index in [1.165, 1.54) is 0 Å². The van der Waals surface area contributed by atoms with E-state index in [2.05, 4.69) is 15.9 Å². The van der Waals surface area contributed by atoms with Crippen molar-refractivity contribution in [2.45, 2.75) is 26.1 Å². The van der Waals surface area contributed by atoms with Crippen molar-refractivity contribution in [1.82, 2.24) is 0 Å². The fourth-order valence-corrected chi connectivity index (χ4v) is 1.81. The van der Waals surface area contributed by atoms with Crippen LogP contribution in [0.4, 0.5) is 0 Å². The van der Waals surface area contributed by atoms with Gasteiger partial charge in [-0.15, -0.1) is 0 Å². The smallest absolute Gasteiger partial charge is 0.126 e. The van der Waals surface area contributed by atoms with Crippen LogP contribution in [0, 0.1) is 0 Å². The highest BCUT2D eigenvalue weighted by molar-refractivity contribution is 9.10. The average molecular weight is 319 g/mol. The quantitative estimate of drug-likeness (QED) is 0.809. The number of halogens is 1. The van der Waals surface area contributed by atoms with Gasteiger partial charge >= 0.3 is 0 Å². The highest BCUT2D eigenvalue weighted by atomic mass is 79.9. The second kappa shape index (κ2) is 7.74. The normalized spacial score (nSPS) is 14.3. The van der Waals surface area contributed by atoms with Crippen LogP contribution in [0.5, 0.6) is 5.75 Å². The zero-order chi connectivity index (χ0) is 13.5. The van der Waals surface area contributed by atoms with E-state index in [1.807, 2.05) is 13.0 Å². The predicted molar refractivity (Wildman–Crippen MR) is 72.8 cm³/mol. The lowest BCUT2D eigenvalue weighted by Crippen LogP contribution is -2.23. The van der Waals surface area contributed by atoms with Gasteiger partial charge in [-0.1, -0.05) is 22.0 Å². The third-order valence-electron chi connectivity index (χ3n) is 2.37. The molecule has 0 heterocycles. The molecule has 2 N–H and O–H groups in total. The van der Waals surface area contributed by atoms with Crippen molar-refractivity contribution in [3.8, 4) is 5.75 Å². The molecule has 1 rings (SSSR count). The summed E-state index contributed by atoms with van der Waals surface area (Å²) in [6.07, 6.45) is -1.29. The van der Waals surface area contributed by atoms with Crippen LogP contribution in [-0.2, 0) is 4.74 Å². The highest BCUT2D eigenvalue weighted by Gasteiger charge is 2.12. The third-order valence-corrected chi connectivity index (χ3v) is 2.86. The van der Waals surface area contributed by atoms with Gasteiger partial charge in [0, 0.05) is 16.6 Å². The van der Waals surface area contributed by atoms with Crippen molar-refractivity contribution in [3.63, 3.8) is 0 Å². The van der Waals surface area contributed by atoms with Gasteiger partial charge in [0.25, 0.3) is 0 Å². The maximum atomic E-state index is 9.62. The van der Waals surface area contributed by atoms with E-state index in [0.717, 1.165) is 4.47 Å². The molecular weight excluding hydrogens is 300 g/mol. The van der Waals surface area contributed by atoms with Gasteiger partial charge in [0.15, 0.2) is 0 Å². The molecule has 0 amide bonds. The summed E-state index contributed by atoms with van der Waals surface area (Å²) >= 11 is 3.35. The first kappa shape index (κ1) is 15.4. The Kier molecular flexibility index (Phi) is 6.63. The first-order valence-electron chi connectivity index (χ1n) is 5.90. The minimum atomic E-state index is -0.675. The predicted octanol–water partition coefficient (Wildman–Crippen LogP) is 2.28. The minimum Gasteiger partial charge on any atom is -0.490 e. The molecule has 102 valence electrons. The zero-order valence-electron chi connectivity index (χ0n) is 10.6. The fraction of sp³-hybridized carbons (Fsp3) is 0.538. The van der Waals surface area contributed by atoms with Gasteiger partial charge in [0.2, 0.25) is 0 Å². The Morgan fingerprint density at radius 2 is 2.00 bits per heavy atom. The minimum absolute atomic E-state index is 0.135. The van der Waals surface area contributed by atoms with Crippen molar-refractivity contribution < 1.29 is 19.7 Å². The first-order chi connectivity index (χ1) is 8.54. The number of aliphatic hydroxyl groups excluding tert-OH is 2. The Balaban J connectivity index is 2.62. The molecule has 0 aliphatic heterocycles. The molecule has 0 radical (unpaired) electrons. The molecule has 18 heavy (non-hydrogen) atoms. The monoisotopic (exact) mass is 318 g/mol. The standard InChI is InChI=1S/C13H19BrO4/c1-3-17-7-11(16)8-18-13-6-10(14)4-5-12(13)9(2)15/h4-6,9,11,15-16H,3,7-8H2,1-2H3/t9-,11?/m0/s1. The molecule has 4 nitrogen and oxygen atoms in total. The molecule has 0 saturated heterocycles. The molecule has 1 unspecified atom stereocenters. The van der Waals surface area contributed by atoms with Crippen LogP contribution in [-0.4, -0.2) is 36.1 Å². The molecule has 0 spiro atoms. The van der Waals surface area contributed by atoms with E-state index in [1.54, 1.807) is 19.1 Å². The van der Waals surface area contributed by atoms with E-state index in [9.17, 15) is 10.2 Å². The Labute approximate surface area is 116 Å². The lowest BCUT2D eigenvalue weighted by Gasteiger charge is -2.16. The van der Waals surface area contributed by atoms with Crippen LogP contribution >= 0.6 is 15.9 Å². The lowest BCUT2D eigenvalue weighted by molar-refractivity contribution is 0.0158. The third kappa shape index (κ3) is 4.94. The summed E-state index contributed by atoms with van der Waals surface area (Å²) in [4.78, 5) is 0. The summed E-state index contributed by atoms with van der Waals surface area (Å²) in [5, 5.41) is 19.2. The van der Waals surface area contributed by atoms with Crippen LogP contribution in [0.2, 0.25) is 0 Å². The molecule has 0 aliphatic carbocycles. The Morgan fingerprint density at radius 1 is 1.28 bits per heavy atom. The Bertz CT molecular complexity index is 368. The number of benzene rings is 1. The fourth-order valence-electron chi connectivity index (χ4n) is 1.47. The maximum absolute atomic E-state index is 9.62. The van der Waals surface area contributed by atoms with Crippen molar-refractivity contribution in [3.05, 3.63) is 28.2 Å². The van der Waals surface area contributed by atoms with Gasteiger partial charge < -0.3 is 19.7 Å². The molecule has 1 aromatic rings. The molecule has 0 bridgehead atoms. The van der Waals surface area contributed by atoms with E-state index in [0.29, 0.717) is 17.9 Å². The molecule has 0 aliphatic rings. The Hall–Kier alpha value is -0.620. The highest BCUT2D eigenvalue weighted by Crippen LogP contribution is 2.28. The van der Waals surface area contributed by atoms with Crippen LogP contribution < -0.4 is 4.74 Å². The van der Waals surface area contributed by atoms with Gasteiger partial charge in [-0.2, -0.15) is 0 Å². The summed E-state index contributed by atoms with van der Waals surface area (Å²) in [6, 6.07) is 5.40. The lowest BCUT2D eigenvalue weighted by atomic mass is 10.1. The van der Waals surface area contributed by atoms with E-state index in [4.69, 9.17) is 9.47 Å². The number of hydrogen-bond acceptors (Lipinski definition) is 4. The van der Waals surface area contributed by atoms with Gasteiger partial charge in [-0.05, 0) is 26.0 Å². The largest absolute Gasteiger partial charge is 0.490 e. The second-order valence-electron chi connectivity index (χ2n) is 3.98. The van der Waals surface area contributed by atoms with Crippen LogP contribution in [0.3, 0.4) is 0 Å². The van der Waals surface area contributed by atoms with E-state index < -0.39 is 12.2 Å². The van der Waals surface area contributed by atoms with Gasteiger partial charge in [-0.3, -0.25) is 0 Å². The molecule has 0 aromatic heterocycles. The molecule has 2 atom stereocenters. The summed E-state index contributed by atoms with van der Waals surface area (Å²) < 4.78 is 11.5. The molecule has 1 aromatic carbocycles. The summed E-state index contributed by atoms with van der Waals surface area (Å²) in [5.74, 6) is 0.565. The second-order valence-corrected chi connectivity index (χ2v) is 4.90. The van der Waals surface area contributed by atoms with Crippen molar-refractivity contribution >= 4 is 15.9 Å². The van der Waals surface area contributed by atoms with E-state index >= 15 is 0 Å². The molecular formula is C13H19BrO4. The maximum Gasteiger partial charge on any atom is 0.126 e. The molecule has 0 fully saturated rings. The summed E-state index contributed by atoms with van der Waals surface area (Å²) in [5.41, 5.74) is 0.696. The number of rotatable bonds is 7. The number of ether oxygens (including phenoxy) is 2. The summed E-state index contributed by atoms with van der Waals surface area (Å²) in [7, 11) is 0. The van der Waals surface area contributed by atoms with Gasteiger partial charge in [-0.25, -0.2) is 0 Å². The van der Waals surface area contributed by atoms with Gasteiger partial charge in [0.1, 0.15) is 18.5 Å². The molecule has 0 saturated carbocycles. The van der Waals surface area contributed by atoms with Crippen molar-refractivity contribution in [2.75, 3.05) is 19.8 Å². The number of hydrogen-bond donors (Lipinski definition) is 2. The van der Waals surface area contributed by atoms with E-state index in [-0.39, 0.29) is 13.2 Å². The first-order valence-corrected chi connectivity index (χ1v) is 6.70. The molecule has 5 heteroatoms. The van der Waals surface area contributed by atoms with Crippen molar-refractivity contribution in [2.24, 2.45) is 0 Å². The SMILES string of the molecule is CCOCC(O)COc1cc(Br)ccc1[C@H](C)O. The number of aliphatic hydroxyl groups is 2. The average Bonchev–Trinajstić information content (AvgIpc) is 2.33. The summed E-state index contributed by atoms with van der Waals surface area (Å²) in [6.45, 7) is 4.48.